The van der Waals surface area contributed by atoms with Crippen molar-refractivity contribution in [1.29, 1.82) is 0 Å². The molecule has 2 heterocycles. The quantitative estimate of drug-likeness (QED) is 0.674. The van der Waals surface area contributed by atoms with Crippen LogP contribution < -0.4 is 11.1 Å². The third-order valence-corrected chi connectivity index (χ3v) is 5.10. The van der Waals surface area contributed by atoms with E-state index in [0.29, 0.717) is 22.1 Å². The molecule has 0 saturated carbocycles. The Morgan fingerprint density at radius 2 is 2.27 bits per heavy atom. The number of amides is 1. The zero-order valence-corrected chi connectivity index (χ0v) is 15.5. The van der Waals surface area contributed by atoms with Crippen LogP contribution in [0.5, 0.6) is 0 Å². The number of halogens is 2. The van der Waals surface area contributed by atoms with Gasteiger partial charge in [-0.2, -0.15) is 5.10 Å². The van der Waals surface area contributed by atoms with Crippen molar-refractivity contribution in [1.82, 2.24) is 20.1 Å². The Kier molecular flexibility index (Phi) is 5.65. The van der Waals surface area contributed by atoms with Gasteiger partial charge in [0.25, 0.3) is 5.91 Å². The number of rotatable bonds is 6. The van der Waals surface area contributed by atoms with E-state index in [0.717, 1.165) is 10.4 Å². The largest absolute Gasteiger partial charge is 0.346 e. The van der Waals surface area contributed by atoms with Crippen molar-refractivity contribution in [3.8, 4) is 10.6 Å². The summed E-state index contributed by atoms with van der Waals surface area (Å²) in [4.78, 5) is 17.4. The maximum atomic E-state index is 13.3. The van der Waals surface area contributed by atoms with E-state index >= 15 is 0 Å². The summed E-state index contributed by atoms with van der Waals surface area (Å²) in [5.74, 6) is -0.645. The Morgan fingerprint density at radius 1 is 1.46 bits per heavy atom. The van der Waals surface area contributed by atoms with E-state index in [4.69, 9.17) is 17.3 Å². The summed E-state index contributed by atoms with van der Waals surface area (Å²) in [6.45, 7) is 0.230. The van der Waals surface area contributed by atoms with E-state index in [1.807, 2.05) is 0 Å². The van der Waals surface area contributed by atoms with E-state index in [1.165, 1.54) is 23.5 Å². The minimum atomic E-state index is -0.327. The number of benzene rings is 1. The molecule has 0 spiro atoms. The number of hydrogen-bond donors (Lipinski definition) is 2. The Hall–Kier alpha value is -2.29. The number of aryl methyl sites for hydroxylation is 1. The lowest BCUT2D eigenvalue weighted by molar-refractivity contribution is 0.0937. The minimum Gasteiger partial charge on any atom is -0.346 e. The molecule has 0 fully saturated rings. The van der Waals surface area contributed by atoms with Gasteiger partial charge in [0.05, 0.1) is 21.8 Å². The molecular formula is C17H17ClFN5OS. The zero-order valence-electron chi connectivity index (χ0n) is 13.9. The number of carbonyl (C=O) groups excluding carboxylic acids is 1. The fraction of sp³-hybridized carbons (Fsp3) is 0.235. The highest BCUT2D eigenvalue weighted by Gasteiger charge is 2.19. The minimum absolute atomic E-state index is 0.230. The highest BCUT2D eigenvalue weighted by molar-refractivity contribution is 7.17. The topological polar surface area (TPSA) is 85.8 Å². The molecule has 3 N–H and O–H groups in total. The SMILES string of the molecule is Cn1ncc(Cl)c1-c1cnc(C(=O)N[C@H](CN)Cc2cccc(F)c2)s1. The van der Waals surface area contributed by atoms with Gasteiger partial charge in [0.1, 0.15) is 5.82 Å². The van der Waals surface area contributed by atoms with E-state index in [2.05, 4.69) is 15.4 Å². The van der Waals surface area contributed by atoms with Crippen LogP contribution in [0, 0.1) is 5.82 Å². The van der Waals surface area contributed by atoms with Crippen LogP contribution in [0.4, 0.5) is 4.39 Å². The van der Waals surface area contributed by atoms with Crippen LogP contribution in [-0.4, -0.2) is 33.3 Å². The van der Waals surface area contributed by atoms with Crippen LogP contribution in [0.3, 0.4) is 0 Å². The van der Waals surface area contributed by atoms with Gasteiger partial charge in [-0.3, -0.25) is 9.48 Å². The molecule has 0 aliphatic heterocycles. The molecule has 9 heteroatoms. The molecule has 0 aliphatic rings. The predicted octanol–water partition coefficient (Wildman–Crippen LogP) is 2.64. The molecule has 0 unspecified atom stereocenters. The van der Waals surface area contributed by atoms with Gasteiger partial charge in [-0.15, -0.1) is 11.3 Å². The molecule has 0 bridgehead atoms. The van der Waals surface area contributed by atoms with Crippen LogP contribution in [0.25, 0.3) is 10.6 Å². The number of nitrogens with two attached hydrogens (primary N) is 1. The summed E-state index contributed by atoms with van der Waals surface area (Å²) in [5, 5.41) is 7.72. The van der Waals surface area contributed by atoms with Crippen molar-refractivity contribution in [3.05, 3.63) is 58.1 Å². The van der Waals surface area contributed by atoms with Crippen LogP contribution in [-0.2, 0) is 13.5 Å². The number of aromatic nitrogens is 3. The molecule has 1 aromatic carbocycles. The molecule has 26 heavy (non-hydrogen) atoms. The van der Waals surface area contributed by atoms with Crippen molar-refractivity contribution < 1.29 is 9.18 Å². The van der Waals surface area contributed by atoms with Gasteiger partial charge in [0.2, 0.25) is 0 Å². The lowest BCUT2D eigenvalue weighted by atomic mass is 10.1. The molecule has 136 valence electrons. The van der Waals surface area contributed by atoms with Crippen molar-refractivity contribution in [2.45, 2.75) is 12.5 Å². The number of nitrogens with one attached hydrogen (secondary N) is 1. The van der Waals surface area contributed by atoms with E-state index in [-0.39, 0.29) is 24.3 Å². The molecule has 3 aromatic rings. The lowest BCUT2D eigenvalue weighted by Gasteiger charge is -2.16. The maximum Gasteiger partial charge on any atom is 0.280 e. The third-order valence-electron chi connectivity index (χ3n) is 3.82. The Bertz CT molecular complexity index is 906. The molecule has 3 rings (SSSR count). The van der Waals surface area contributed by atoms with Crippen LogP contribution in [0.1, 0.15) is 15.4 Å². The normalized spacial score (nSPS) is 12.2. The predicted molar refractivity (Wildman–Crippen MR) is 99.7 cm³/mol. The highest BCUT2D eigenvalue weighted by Crippen LogP contribution is 2.31. The number of hydrogen-bond acceptors (Lipinski definition) is 5. The first kappa shape index (κ1) is 18.5. The average Bonchev–Trinajstić information content (AvgIpc) is 3.21. The van der Waals surface area contributed by atoms with Gasteiger partial charge < -0.3 is 11.1 Å². The van der Waals surface area contributed by atoms with Gasteiger partial charge in [0, 0.05) is 25.8 Å². The Labute approximate surface area is 158 Å². The van der Waals surface area contributed by atoms with E-state index in [9.17, 15) is 9.18 Å². The highest BCUT2D eigenvalue weighted by atomic mass is 35.5. The van der Waals surface area contributed by atoms with Crippen LogP contribution in [0.2, 0.25) is 5.02 Å². The standard InChI is InChI=1S/C17H17ClFN5OS/c1-24-15(13(18)8-22-24)14-9-21-17(26-14)16(25)23-12(7-20)6-10-3-2-4-11(19)5-10/h2-5,8-9,12H,6-7,20H2,1H3,(H,23,25)/t12-/m0/s1. The Morgan fingerprint density at radius 3 is 2.92 bits per heavy atom. The summed E-state index contributed by atoms with van der Waals surface area (Å²) < 4.78 is 14.9. The second-order valence-electron chi connectivity index (χ2n) is 5.73. The van der Waals surface area contributed by atoms with Gasteiger partial charge >= 0.3 is 0 Å². The molecule has 1 atom stereocenters. The van der Waals surface area contributed by atoms with E-state index < -0.39 is 0 Å². The van der Waals surface area contributed by atoms with Crippen molar-refractivity contribution in [3.63, 3.8) is 0 Å². The van der Waals surface area contributed by atoms with Crippen molar-refractivity contribution >= 4 is 28.8 Å². The van der Waals surface area contributed by atoms with E-state index in [1.54, 1.807) is 36.3 Å². The summed E-state index contributed by atoms with van der Waals surface area (Å²) in [6.07, 6.45) is 3.57. The third kappa shape index (κ3) is 4.09. The first-order valence-electron chi connectivity index (χ1n) is 7.87. The lowest BCUT2D eigenvalue weighted by Crippen LogP contribution is -2.41. The summed E-state index contributed by atoms with van der Waals surface area (Å²) in [6, 6.07) is 5.91. The zero-order chi connectivity index (χ0) is 18.7. The monoisotopic (exact) mass is 393 g/mol. The first-order chi connectivity index (χ1) is 12.5. The fourth-order valence-corrected chi connectivity index (χ4v) is 3.80. The molecular weight excluding hydrogens is 377 g/mol. The second kappa shape index (κ2) is 7.94. The number of nitrogens with zero attached hydrogens (tertiary/aromatic N) is 3. The molecule has 0 radical (unpaired) electrons. The summed E-state index contributed by atoms with van der Waals surface area (Å²) >= 11 is 7.35. The first-order valence-corrected chi connectivity index (χ1v) is 9.06. The number of thiazole rings is 1. The van der Waals surface area contributed by atoms with Crippen LogP contribution >= 0.6 is 22.9 Å². The number of carbonyl (C=O) groups is 1. The molecule has 2 aromatic heterocycles. The van der Waals surface area contributed by atoms with Crippen LogP contribution in [0.15, 0.2) is 36.7 Å². The van der Waals surface area contributed by atoms with Gasteiger partial charge in [-0.25, -0.2) is 9.37 Å². The van der Waals surface area contributed by atoms with Crippen molar-refractivity contribution in [2.24, 2.45) is 12.8 Å². The summed E-state index contributed by atoms with van der Waals surface area (Å²) in [5.41, 5.74) is 7.23. The fourth-order valence-electron chi connectivity index (χ4n) is 2.57. The molecule has 0 saturated heterocycles. The Balaban J connectivity index is 1.71. The second-order valence-corrected chi connectivity index (χ2v) is 7.17. The molecule has 0 aliphatic carbocycles. The van der Waals surface area contributed by atoms with Gasteiger partial charge in [-0.05, 0) is 24.1 Å². The smallest absolute Gasteiger partial charge is 0.280 e. The van der Waals surface area contributed by atoms with Gasteiger partial charge in [-0.1, -0.05) is 23.7 Å². The maximum absolute atomic E-state index is 13.3. The summed E-state index contributed by atoms with van der Waals surface area (Å²) in [7, 11) is 1.77. The van der Waals surface area contributed by atoms with Gasteiger partial charge in [0.15, 0.2) is 5.01 Å². The average molecular weight is 394 g/mol. The molecule has 1 amide bonds. The molecule has 6 nitrogen and oxygen atoms in total. The van der Waals surface area contributed by atoms with Crippen molar-refractivity contribution in [2.75, 3.05) is 6.54 Å².